The summed E-state index contributed by atoms with van der Waals surface area (Å²) in [5, 5.41) is 0. The Morgan fingerprint density at radius 3 is 2.43 bits per heavy atom. The van der Waals surface area contributed by atoms with Gasteiger partial charge in [0.2, 0.25) is 0 Å². The first-order chi connectivity index (χ1) is 10.2. The SMILES string of the molecule is CCCCn1c(-c2ccc(OC)cc2)ccc(CCl)c1=O. The molecule has 112 valence electrons. The van der Waals surface area contributed by atoms with Gasteiger partial charge in [-0.05, 0) is 42.3 Å². The quantitative estimate of drug-likeness (QED) is 0.754. The number of halogens is 1. The molecule has 0 bridgehead atoms. The molecule has 0 unspecified atom stereocenters. The van der Waals surface area contributed by atoms with Crippen molar-refractivity contribution < 1.29 is 4.74 Å². The van der Waals surface area contributed by atoms with Crippen LogP contribution in [-0.4, -0.2) is 11.7 Å². The Morgan fingerprint density at radius 2 is 1.86 bits per heavy atom. The molecular formula is C17H20ClNO2. The van der Waals surface area contributed by atoms with Crippen LogP contribution in [0.25, 0.3) is 11.3 Å². The van der Waals surface area contributed by atoms with Gasteiger partial charge in [-0.1, -0.05) is 19.4 Å². The molecule has 1 heterocycles. The molecule has 1 aromatic carbocycles. The summed E-state index contributed by atoms with van der Waals surface area (Å²) < 4.78 is 7.00. The minimum atomic E-state index is 0.00627. The summed E-state index contributed by atoms with van der Waals surface area (Å²) in [6.45, 7) is 2.82. The maximum Gasteiger partial charge on any atom is 0.255 e. The molecule has 0 saturated heterocycles. The fourth-order valence-electron chi connectivity index (χ4n) is 2.28. The van der Waals surface area contributed by atoms with Crippen molar-refractivity contribution in [1.29, 1.82) is 0 Å². The molecule has 0 fully saturated rings. The number of alkyl halides is 1. The van der Waals surface area contributed by atoms with Gasteiger partial charge in [-0.25, -0.2) is 0 Å². The summed E-state index contributed by atoms with van der Waals surface area (Å²) in [7, 11) is 1.64. The topological polar surface area (TPSA) is 31.2 Å². The molecule has 0 aliphatic carbocycles. The summed E-state index contributed by atoms with van der Waals surface area (Å²) in [5.74, 6) is 1.05. The zero-order valence-electron chi connectivity index (χ0n) is 12.4. The molecule has 21 heavy (non-hydrogen) atoms. The van der Waals surface area contributed by atoms with Crippen molar-refractivity contribution >= 4 is 11.6 Å². The molecule has 0 atom stereocenters. The Balaban J connectivity index is 2.50. The third-order valence-electron chi connectivity index (χ3n) is 3.52. The number of hydrogen-bond donors (Lipinski definition) is 0. The van der Waals surface area contributed by atoms with E-state index in [9.17, 15) is 4.79 Å². The molecule has 0 N–H and O–H groups in total. The number of aromatic nitrogens is 1. The van der Waals surface area contributed by atoms with Gasteiger partial charge < -0.3 is 9.30 Å². The molecule has 2 aromatic rings. The van der Waals surface area contributed by atoms with Crippen molar-refractivity contribution in [3.8, 4) is 17.0 Å². The van der Waals surface area contributed by atoms with Crippen LogP contribution in [0.5, 0.6) is 5.75 Å². The van der Waals surface area contributed by atoms with Crippen molar-refractivity contribution in [2.45, 2.75) is 32.2 Å². The fourth-order valence-corrected chi connectivity index (χ4v) is 2.48. The lowest BCUT2D eigenvalue weighted by atomic mass is 10.1. The standard InChI is InChI=1S/C17H20ClNO2/c1-3-4-11-19-16(10-7-14(12-18)17(19)20)13-5-8-15(21-2)9-6-13/h5-10H,3-4,11-12H2,1-2H3. The average molecular weight is 306 g/mol. The first kappa shape index (κ1) is 15.6. The van der Waals surface area contributed by atoms with Gasteiger partial charge in [-0.3, -0.25) is 4.79 Å². The predicted octanol–water partition coefficient (Wildman–Crippen LogP) is 4.06. The molecule has 0 saturated carbocycles. The van der Waals surface area contributed by atoms with E-state index >= 15 is 0 Å². The number of hydrogen-bond acceptors (Lipinski definition) is 2. The van der Waals surface area contributed by atoms with Crippen LogP contribution in [0.4, 0.5) is 0 Å². The largest absolute Gasteiger partial charge is 0.497 e. The van der Waals surface area contributed by atoms with Crippen LogP contribution in [-0.2, 0) is 12.4 Å². The van der Waals surface area contributed by atoms with Crippen molar-refractivity contribution in [3.63, 3.8) is 0 Å². The second-order valence-corrected chi connectivity index (χ2v) is 5.18. The van der Waals surface area contributed by atoms with Crippen molar-refractivity contribution in [3.05, 3.63) is 52.3 Å². The van der Waals surface area contributed by atoms with Crippen LogP contribution in [0, 0.1) is 0 Å². The van der Waals surface area contributed by atoms with Crippen LogP contribution < -0.4 is 10.3 Å². The summed E-state index contributed by atoms with van der Waals surface area (Å²) in [6.07, 6.45) is 2.01. The van der Waals surface area contributed by atoms with Crippen LogP contribution in [0.15, 0.2) is 41.2 Å². The Labute approximate surface area is 130 Å². The lowest BCUT2D eigenvalue weighted by molar-refractivity contribution is 0.415. The van der Waals surface area contributed by atoms with Crippen molar-refractivity contribution in [2.75, 3.05) is 7.11 Å². The fraction of sp³-hybridized carbons (Fsp3) is 0.353. The first-order valence-electron chi connectivity index (χ1n) is 7.14. The van der Waals surface area contributed by atoms with Gasteiger partial charge in [-0.15, -0.1) is 11.6 Å². The summed E-state index contributed by atoms with van der Waals surface area (Å²) >= 11 is 5.85. The van der Waals surface area contributed by atoms with Crippen LogP contribution in [0.2, 0.25) is 0 Å². The Hall–Kier alpha value is -1.74. The van der Waals surface area contributed by atoms with Crippen LogP contribution >= 0.6 is 11.6 Å². The van der Waals surface area contributed by atoms with E-state index in [0.29, 0.717) is 12.1 Å². The molecule has 0 amide bonds. The van der Waals surface area contributed by atoms with E-state index < -0.39 is 0 Å². The number of rotatable bonds is 6. The van der Waals surface area contributed by atoms with Crippen molar-refractivity contribution in [2.24, 2.45) is 0 Å². The third kappa shape index (κ3) is 3.48. The van der Waals surface area contributed by atoms with Gasteiger partial charge >= 0.3 is 0 Å². The number of nitrogens with zero attached hydrogens (tertiary/aromatic N) is 1. The molecule has 2 rings (SSSR count). The van der Waals surface area contributed by atoms with E-state index in [2.05, 4.69) is 6.92 Å². The van der Waals surface area contributed by atoms with Gasteiger partial charge in [0.1, 0.15) is 5.75 Å². The number of unbranched alkanes of at least 4 members (excludes halogenated alkanes) is 1. The average Bonchev–Trinajstić information content (AvgIpc) is 2.53. The van der Waals surface area contributed by atoms with E-state index in [4.69, 9.17) is 16.3 Å². The monoisotopic (exact) mass is 305 g/mol. The zero-order chi connectivity index (χ0) is 15.2. The lowest BCUT2D eigenvalue weighted by Crippen LogP contribution is -2.24. The molecule has 3 nitrogen and oxygen atoms in total. The molecule has 4 heteroatoms. The van der Waals surface area contributed by atoms with E-state index in [-0.39, 0.29) is 11.4 Å². The summed E-state index contributed by atoms with van der Waals surface area (Å²) in [5.41, 5.74) is 2.58. The molecule has 0 radical (unpaired) electrons. The maximum absolute atomic E-state index is 12.5. The second-order valence-electron chi connectivity index (χ2n) is 4.92. The second kappa shape index (κ2) is 7.32. The van der Waals surface area contributed by atoms with E-state index in [1.54, 1.807) is 7.11 Å². The van der Waals surface area contributed by atoms with Crippen LogP contribution in [0.3, 0.4) is 0 Å². The van der Waals surface area contributed by atoms with E-state index in [0.717, 1.165) is 29.8 Å². The molecule has 0 spiro atoms. The highest BCUT2D eigenvalue weighted by atomic mass is 35.5. The summed E-state index contributed by atoms with van der Waals surface area (Å²) in [4.78, 5) is 12.5. The van der Waals surface area contributed by atoms with Gasteiger partial charge in [-0.2, -0.15) is 0 Å². The molecular weight excluding hydrogens is 286 g/mol. The normalized spacial score (nSPS) is 10.6. The van der Waals surface area contributed by atoms with Gasteiger partial charge in [0.05, 0.1) is 18.7 Å². The minimum absolute atomic E-state index is 0.00627. The van der Waals surface area contributed by atoms with Gasteiger partial charge in [0, 0.05) is 12.1 Å². The first-order valence-corrected chi connectivity index (χ1v) is 7.67. The molecule has 0 aliphatic rings. The molecule has 0 aliphatic heterocycles. The van der Waals surface area contributed by atoms with Gasteiger partial charge in [0.15, 0.2) is 0 Å². The number of methoxy groups -OCH3 is 1. The highest BCUT2D eigenvalue weighted by Gasteiger charge is 2.10. The Bertz CT molecular complexity index is 647. The number of pyridine rings is 1. The highest BCUT2D eigenvalue weighted by Crippen LogP contribution is 2.22. The molecule has 1 aromatic heterocycles. The number of ether oxygens (including phenoxy) is 1. The van der Waals surface area contributed by atoms with E-state index in [1.165, 1.54) is 0 Å². The van der Waals surface area contributed by atoms with E-state index in [1.807, 2.05) is 41.0 Å². The van der Waals surface area contributed by atoms with Crippen LogP contribution in [0.1, 0.15) is 25.3 Å². The predicted molar refractivity (Wildman–Crippen MR) is 87.2 cm³/mol. The van der Waals surface area contributed by atoms with Gasteiger partial charge in [0.25, 0.3) is 5.56 Å². The Kier molecular flexibility index (Phi) is 5.45. The zero-order valence-corrected chi connectivity index (χ0v) is 13.2. The smallest absolute Gasteiger partial charge is 0.255 e. The lowest BCUT2D eigenvalue weighted by Gasteiger charge is -2.14. The maximum atomic E-state index is 12.5. The Morgan fingerprint density at radius 1 is 1.14 bits per heavy atom. The van der Waals surface area contributed by atoms with Crippen molar-refractivity contribution in [1.82, 2.24) is 4.57 Å². The summed E-state index contributed by atoms with van der Waals surface area (Å²) in [6, 6.07) is 11.5. The third-order valence-corrected chi connectivity index (χ3v) is 3.81. The number of benzene rings is 1. The highest BCUT2D eigenvalue weighted by molar-refractivity contribution is 6.17. The minimum Gasteiger partial charge on any atom is -0.497 e.